The van der Waals surface area contributed by atoms with Gasteiger partial charge in [-0.15, -0.1) is 0 Å². The van der Waals surface area contributed by atoms with Crippen LogP contribution in [0, 0.1) is 25.9 Å². The lowest BCUT2D eigenvalue weighted by Gasteiger charge is -2.08. The maximum Gasteiger partial charge on any atom is 0.146 e. The molecule has 0 unspecified atom stereocenters. The summed E-state index contributed by atoms with van der Waals surface area (Å²) in [5.41, 5.74) is 3.71. The first-order valence-corrected chi connectivity index (χ1v) is 8.34. The highest BCUT2D eigenvalue weighted by molar-refractivity contribution is 6.07. The molecule has 24 heavy (non-hydrogen) atoms. The number of hydrogen-bond donors (Lipinski definition) is 0. The Morgan fingerprint density at radius 1 is 0.958 bits per heavy atom. The van der Waals surface area contributed by atoms with Crippen molar-refractivity contribution in [3.8, 4) is 23.5 Å². The third-order valence-corrected chi connectivity index (χ3v) is 4.23. The van der Waals surface area contributed by atoms with E-state index in [2.05, 4.69) is 25.0 Å². The number of benzene rings is 2. The van der Waals surface area contributed by atoms with Gasteiger partial charge in [-0.05, 0) is 44.5 Å². The highest BCUT2D eigenvalue weighted by atomic mass is 16.5. The Kier molecular flexibility index (Phi) is 4.66. The Morgan fingerprint density at radius 2 is 1.58 bits per heavy atom. The highest BCUT2D eigenvalue weighted by Crippen LogP contribution is 2.38. The lowest BCUT2D eigenvalue weighted by atomic mass is 10.1. The number of furan rings is 1. The molecule has 0 aliphatic rings. The third kappa shape index (κ3) is 2.80. The fourth-order valence-electron chi connectivity index (χ4n) is 2.84. The van der Waals surface area contributed by atoms with Crippen LogP contribution in [0.25, 0.3) is 21.9 Å². The minimum Gasteiger partial charge on any atom is -0.493 e. The summed E-state index contributed by atoms with van der Waals surface area (Å²) < 4.78 is 17.5. The van der Waals surface area contributed by atoms with Crippen molar-refractivity contribution < 1.29 is 13.9 Å². The molecule has 0 aliphatic heterocycles. The molecule has 0 spiro atoms. The molecule has 0 fully saturated rings. The van der Waals surface area contributed by atoms with E-state index < -0.39 is 0 Å². The summed E-state index contributed by atoms with van der Waals surface area (Å²) in [5.74, 6) is 4.36. The molecule has 0 radical (unpaired) electrons. The summed E-state index contributed by atoms with van der Waals surface area (Å²) in [6.07, 6.45) is 4.81. The number of unbranched alkanes of at least 4 members (excludes halogenated alkanes) is 1. The van der Waals surface area contributed by atoms with Crippen LogP contribution in [-0.4, -0.2) is 6.61 Å². The first kappa shape index (κ1) is 16.3. The second-order valence-corrected chi connectivity index (χ2v) is 5.89. The van der Waals surface area contributed by atoms with Crippen LogP contribution < -0.4 is 9.47 Å². The quantitative estimate of drug-likeness (QED) is 0.443. The predicted octanol–water partition coefficient (Wildman–Crippen LogP) is 5.74. The molecule has 0 bridgehead atoms. The normalized spacial score (nSPS) is 10.7. The highest BCUT2D eigenvalue weighted by Gasteiger charge is 2.16. The van der Waals surface area contributed by atoms with Crippen molar-refractivity contribution in [1.29, 1.82) is 0 Å². The van der Waals surface area contributed by atoms with Gasteiger partial charge in [0, 0.05) is 28.8 Å². The minimum absolute atomic E-state index is 0.730. The number of ether oxygens (including phenoxy) is 2. The zero-order chi connectivity index (χ0) is 17.1. The van der Waals surface area contributed by atoms with Gasteiger partial charge >= 0.3 is 0 Å². The molecule has 0 amide bonds. The molecule has 124 valence electrons. The Hall–Kier alpha value is -2.60. The van der Waals surface area contributed by atoms with Crippen LogP contribution in [0.3, 0.4) is 0 Å². The number of aryl methyl sites for hydroxylation is 2. The molecule has 0 saturated carbocycles. The van der Waals surface area contributed by atoms with Gasteiger partial charge in [-0.2, -0.15) is 0 Å². The maximum absolute atomic E-state index is 6.17. The van der Waals surface area contributed by atoms with Crippen molar-refractivity contribution in [3.63, 3.8) is 0 Å². The molecule has 3 rings (SSSR count). The fraction of sp³-hybridized carbons (Fsp3) is 0.333. The molecule has 2 aromatic carbocycles. The fourth-order valence-corrected chi connectivity index (χ4v) is 2.84. The Balaban J connectivity index is 2.10. The molecular formula is C21H22O3. The predicted molar refractivity (Wildman–Crippen MR) is 97.7 cm³/mol. The van der Waals surface area contributed by atoms with Gasteiger partial charge in [-0.25, -0.2) is 0 Å². The van der Waals surface area contributed by atoms with E-state index in [1.807, 2.05) is 32.0 Å². The monoisotopic (exact) mass is 322 g/mol. The van der Waals surface area contributed by atoms with Crippen molar-refractivity contribution in [2.24, 2.45) is 0 Å². The molecule has 3 heteroatoms. The van der Waals surface area contributed by atoms with Crippen molar-refractivity contribution in [1.82, 2.24) is 0 Å². The SMILES string of the molecule is CC#COc1ccc2c(oc3c(C)c(OCCCC)ccc32)c1C. The summed E-state index contributed by atoms with van der Waals surface area (Å²) in [6, 6.07) is 8.07. The molecule has 0 aliphatic carbocycles. The first-order valence-electron chi connectivity index (χ1n) is 8.34. The van der Waals surface area contributed by atoms with Gasteiger partial charge in [0.15, 0.2) is 0 Å². The van der Waals surface area contributed by atoms with Crippen molar-refractivity contribution in [2.75, 3.05) is 6.61 Å². The van der Waals surface area contributed by atoms with Gasteiger partial charge in [-0.1, -0.05) is 19.3 Å². The summed E-state index contributed by atoms with van der Waals surface area (Å²) >= 11 is 0. The zero-order valence-corrected chi connectivity index (χ0v) is 14.7. The van der Waals surface area contributed by atoms with Crippen LogP contribution in [0.4, 0.5) is 0 Å². The zero-order valence-electron chi connectivity index (χ0n) is 14.7. The van der Waals surface area contributed by atoms with Crippen LogP contribution in [0.1, 0.15) is 37.8 Å². The smallest absolute Gasteiger partial charge is 0.146 e. The summed E-state index contributed by atoms with van der Waals surface area (Å²) in [6.45, 7) is 8.67. The van der Waals surface area contributed by atoms with E-state index in [9.17, 15) is 0 Å². The molecular weight excluding hydrogens is 300 g/mol. The summed E-state index contributed by atoms with van der Waals surface area (Å²) in [4.78, 5) is 0. The largest absolute Gasteiger partial charge is 0.493 e. The van der Waals surface area contributed by atoms with E-state index in [0.717, 1.165) is 64.0 Å². The lowest BCUT2D eigenvalue weighted by molar-refractivity contribution is 0.307. The molecule has 1 aromatic heterocycles. The first-order chi connectivity index (χ1) is 11.7. The topological polar surface area (TPSA) is 31.6 Å². The number of fused-ring (bicyclic) bond motifs is 3. The van der Waals surface area contributed by atoms with Gasteiger partial charge in [0.1, 0.15) is 28.8 Å². The second-order valence-electron chi connectivity index (χ2n) is 5.89. The Morgan fingerprint density at radius 3 is 2.21 bits per heavy atom. The van der Waals surface area contributed by atoms with Crippen LogP contribution in [-0.2, 0) is 0 Å². The summed E-state index contributed by atoms with van der Waals surface area (Å²) in [5, 5.41) is 2.18. The summed E-state index contributed by atoms with van der Waals surface area (Å²) in [7, 11) is 0. The minimum atomic E-state index is 0.730. The lowest BCUT2D eigenvalue weighted by Crippen LogP contribution is -1.97. The van der Waals surface area contributed by atoms with Crippen molar-refractivity contribution in [2.45, 2.75) is 40.5 Å². The van der Waals surface area contributed by atoms with E-state index >= 15 is 0 Å². The van der Waals surface area contributed by atoms with Gasteiger partial charge in [0.25, 0.3) is 0 Å². The van der Waals surface area contributed by atoms with Gasteiger partial charge in [-0.3, -0.25) is 0 Å². The maximum atomic E-state index is 6.17. The van der Waals surface area contributed by atoms with E-state index in [1.54, 1.807) is 6.92 Å². The average molecular weight is 322 g/mol. The van der Waals surface area contributed by atoms with Crippen LogP contribution >= 0.6 is 0 Å². The number of rotatable bonds is 5. The van der Waals surface area contributed by atoms with Gasteiger partial charge in [0.05, 0.1) is 6.61 Å². The number of hydrogen-bond acceptors (Lipinski definition) is 3. The van der Waals surface area contributed by atoms with Gasteiger partial charge in [0.2, 0.25) is 0 Å². The second kappa shape index (κ2) is 6.88. The molecule has 0 atom stereocenters. The van der Waals surface area contributed by atoms with E-state index in [-0.39, 0.29) is 0 Å². The molecule has 3 nitrogen and oxygen atoms in total. The average Bonchev–Trinajstić information content (AvgIpc) is 2.97. The van der Waals surface area contributed by atoms with Crippen molar-refractivity contribution in [3.05, 3.63) is 35.4 Å². The molecule has 1 heterocycles. The standard InChI is InChI=1S/C21H22O3/c1-5-7-13-23-19-11-9-17-16-8-10-18(22-12-6-2)14(3)20(16)24-21(17)15(19)4/h8-11H,5,7,13H2,1-4H3. The van der Waals surface area contributed by atoms with Crippen LogP contribution in [0.2, 0.25) is 0 Å². The third-order valence-electron chi connectivity index (χ3n) is 4.23. The van der Waals surface area contributed by atoms with E-state index in [1.165, 1.54) is 0 Å². The van der Waals surface area contributed by atoms with E-state index in [4.69, 9.17) is 13.9 Å². The van der Waals surface area contributed by atoms with Gasteiger partial charge < -0.3 is 13.9 Å². The Bertz CT molecular complexity index is 939. The molecule has 3 aromatic rings. The van der Waals surface area contributed by atoms with Crippen molar-refractivity contribution >= 4 is 21.9 Å². The molecule has 0 saturated heterocycles. The molecule has 0 N–H and O–H groups in total. The van der Waals surface area contributed by atoms with Crippen LogP contribution in [0.15, 0.2) is 28.7 Å². The Labute approximate surface area is 142 Å². The van der Waals surface area contributed by atoms with Crippen LogP contribution in [0.5, 0.6) is 11.5 Å². The van der Waals surface area contributed by atoms with E-state index in [0.29, 0.717) is 0 Å².